The van der Waals surface area contributed by atoms with Gasteiger partial charge >= 0.3 is 0 Å². The number of rotatable bonds is 3. The summed E-state index contributed by atoms with van der Waals surface area (Å²) in [5.41, 5.74) is 8.53. The molecule has 4 heteroatoms. The van der Waals surface area contributed by atoms with Crippen LogP contribution < -0.4 is 5.73 Å². The molecule has 0 saturated carbocycles. The molecule has 2 N–H and O–H groups in total. The van der Waals surface area contributed by atoms with Crippen LogP contribution in [0.25, 0.3) is 0 Å². The third-order valence-corrected chi connectivity index (χ3v) is 4.56. The Balaban J connectivity index is 2.05. The molecule has 1 atom stereocenters. The van der Waals surface area contributed by atoms with Gasteiger partial charge in [-0.2, -0.15) is 0 Å². The number of hydrogen-bond donors (Lipinski definition) is 1. The van der Waals surface area contributed by atoms with Crippen LogP contribution in [0.15, 0.2) is 22.7 Å². The van der Waals surface area contributed by atoms with Crippen molar-refractivity contribution in [3.05, 3.63) is 33.8 Å². The first-order valence-electron chi connectivity index (χ1n) is 6.48. The van der Waals surface area contributed by atoms with Gasteiger partial charge in [0.1, 0.15) is 0 Å². The van der Waals surface area contributed by atoms with Crippen LogP contribution in [0.4, 0.5) is 0 Å². The van der Waals surface area contributed by atoms with E-state index < -0.39 is 0 Å². The molecule has 0 aromatic heterocycles. The van der Waals surface area contributed by atoms with Crippen LogP contribution >= 0.6 is 15.9 Å². The number of likely N-dealkylation sites (N-methyl/N-ethyl adjacent to an activating group) is 1. The molecular formula is C14H22BrN3. The van der Waals surface area contributed by atoms with Crippen molar-refractivity contribution in [3.8, 4) is 0 Å². The van der Waals surface area contributed by atoms with Gasteiger partial charge in [-0.15, -0.1) is 0 Å². The monoisotopic (exact) mass is 311 g/mol. The molecule has 18 heavy (non-hydrogen) atoms. The van der Waals surface area contributed by atoms with Crippen molar-refractivity contribution >= 4 is 15.9 Å². The summed E-state index contributed by atoms with van der Waals surface area (Å²) in [7, 11) is 2.17. The highest BCUT2D eigenvalue weighted by Crippen LogP contribution is 2.20. The Morgan fingerprint density at radius 2 is 2.17 bits per heavy atom. The van der Waals surface area contributed by atoms with Gasteiger partial charge < -0.3 is 10.6 Å². The van der Waals surface area contributed by atoms with E-state index in [1.54, 1.807) is 0 Å². The summed E-state index contributed by atoms with van der Waals surface area (Å²) in [6, 6.07) is 7.09. The van der Waals surface area contributed by atoms with Crippen LogP contribution in [0.5, 0.6) is 0 Å². The Labute approximate surface area is 118 Å². The normalized spacial score (nSPS) is 22.3. The van der Waals surface area contributed by atoms with E-state index in [1.165, 1.54) is 15.6 Å². The van der Waals surface area contributed by atoms with Crippen molar-refractivity contribution in [3.63, 3.8) is 0 Å². The summed E-state index contributed by atoms with van der Waals surface area (Å²) >= 11 is 3.60. The number of nitrogens with zero attached hydrogens (tertiary/aromatic N) is 2. The van der Waals surface area contributed by atoms with Crippen molar-refractivity contribution in [2.75, 3.05) is 33.2 Å². The molecule has 1 fully saturated rings. The second-order valence-electron chi connectivity index (χ2n) is 5.21. The molecule has 3 nitrogen and oxygen atoms in total. The molecule has 1 unspecified atom stereocenters. The number of hydrogen-bond acceptors (Lipinski definition) is 3. The van der Waals surface area contributed by atoms with Crippen LogP contribution in [0, 0.1) is 6.92 Å². The Bertz CT molecular complexity index is 408. The zero-order chi connectivity index (χ0) is 13.1. The van der Waals surface area contributed by atoms with Crippen LogP contribution in [-0.2, 0) is 6.54 Å². The van der Waals surface area contributed by atoms with E-state index >= 15 is 0 Å². The molecule has 0 bridgehead atoms. The molecule has 1 aromatic rings. The van der Waals surface area contributed by atoms with Crippen LogP contribution in [0.1, 0.15) is 11.1 Å². The van der Waals surface area contributed by atoms with E-state index in [0.29, 0.717) is 6.04 Å². The van der Waals surface area contributed by atoms with E-state index in [4.69, 9.17) is 5.73 Å². The molecule has 2 rings (SSSR count). The molecule has 1 aromatic carbocycles. The molecule has 1 aliphatic heterocycles. The lowest BCUT2D eigenvalue weighted by Crippen LogP contribution is -2.54. The summed E-state index contributed by atoms with van der Waals surface area (Å²) in [4.78, 5) is 4.86. The zero-order valence-electron chi connectivity index (χ0n) is 11.2. The van der Waals surface area contributed by atoms with Crippen LogP contribution in [0.2, 0.25) is 0 Å². The van der Waals surface area contributed by atoms with E-state index in [9.17, 15) is 0 Å². The van der Waals surface area contributed by atoms with Gasteiger partial charge in [-0.25, -0.2) is 0 Å². The highest BCUT2D eigenvalue weighted by atomic mass is 79.9. The lowest BCUT2D eigenvalue weighted by molar-refractivity contribution is 0.0881. The maximum absolute atomic E-state index is 5.89. The maximum atomic E-state index is 5.89. The molecule has 0 amide bonds. The standard InChI is InChI=1S/C14H22BrN3/c1-11-3-4-12(7-14(11)15)9-18-6-5-17(2)10-13(18)8-16/h3-4,7,13H,5-6,8-10,16H2,1-2H3. The fourth-order valence-corrected chi connectivity index (χ4v) is 2.88. The second-order valence-corrected chi connectivity index (χ2v) is 6.06. The largest absolute Gasteiger partial charge is 0.329 e. The molecular weight excluding hydrogens is 290 g/mol. The number of aryl methyl sites for hydroxylation is 1. The van der Waals surface area contributed by atoms with E-state index in [1.807, 2.05) is 0 Å². The molecule has 1 saturated heterocycles. The van der Waals surface area contributed by atoms with Gasteiger partial charge in [0.05, 0.1) is 0 Å². The summed E-state index contributed by atoms with van der Waals surface area (Å²) in [5, 5.41) is 0. The molecule has 1 heterocycles. The average molecular weight is 312 g/mol. The predicted molar refractivity (Wildman–Crippen MR) is 79.6 cm³/mol. The third kappa shape index (κ3) is 3.32. The summed E-state index contributed by atoms with van der Waals surface area (Å²) < 4.78 is 1.19. The van der Waals surface area contributed by atoms with Crippen molar-refractivity contribution in [1.82, 2.24) is 9.80 Å². The van der Waals surface area contributed by atoms with E-state index in [-0.39, 0.29) is 0 Å². The third-order valence-electron chi connectivity index (χ3n) is 3.70. The topological polar surface area (TPSA) is 32.5 Å². The fraction of sp³-hybridized carbons (Fsp3) is 0.571. The first kappa shape index (κ1) is 14.0. The maximum Gasteiger partial charge on any atom is 0.0349 e. The molecule has 100 valence electrons. The van der Waals surface area contributed by atoms with Gasteiger partial charge in [-0.3, -0.25) is 4.90 Å². The molecule has 0 aliphatic carbocycles. The number of piperazine rings is 1. The minimum absolute atomic E-state index is 0.476. The Morgan fingerprint density at radius 1 is 1.39 bits per heavy atom. The number of nitrogens with two attached hydrogens (primary N) is 1. The molecule has 0 spiro atoms. The smallest absolute Gasteiger partial charge is 0.0349 e. The lowest BCUT2D eigenvalue weighted by Gasteiger charge is -2.39. The van der Waals surface area contributed by atoms with Gasteiger partial charge in [0, 0.05) is 43.2 Å². The van der Waals surface area contributed by atoms with E-state index in [2.05, 4.69) is 57.9 Å². The van der Waals surface area contributed by atoms with Gasteiger partial charge in [-0.05, 0) is 31.2 Å². The Morgan fingerprint density at radius 3 is 2.83 bits per heavy atom. The van der Waals surface area contributed by atoms with Crippen molar-refractivity contribution in [2.45, 2.75) is 19.5 Å². The summed E-state index contributed by atoms with van der Waals surface area (Å²) in [5.74, 6) is 0. The van der Waals surface area contributed by atoms with Crippen molar-refractivity contribution in [2.24, 2.45) is 5.73 Å². The van der Waals surface area contributed by atoms with Gasteiger partial charge in [0.15, 0.2) is 0 Å². The zero-order valence-corrected chi connectivity index (χ0v) is 12.8. The van der Waals surface area contributed by atoms with Crippen molar-refractivity contribution < 1.29 is 0 Å². The SMILES string of the molecule is Cc1ccc(CN2CCN(C)CC2CN)cc1Br. The lowest BCUT2D eigenvalue weighted by atomic mass is 10.1. The minimum Gasteiger partial charge on any atom is -0.329 e. The highest BCUT2D eigenvalue weighted by molar-refractivity contribution is 9.10. The average Bonchev–Trinajstić information content (AvgIpc) is 2.36. The van der Waals surface area contributed by atoms with Gasteiger partial charge in [0.2, 0.25) is 0 Å². The van der Waals surface area contributed by atoms with E-state index in [0.717, 1.165) is 32.7 Å². The van der Waals surface area contributed by atoms with Crippen molar-refractivity contribution in [1.29, 1.82) is 0 Å². The second kappa shape index (κ2) is 6.15. The minimum atomic E-state index is 0.476. The highest BCUT2D eigenvalue weighted by Gasteiger charge is 2.23. The quantitative estimate of drug-likeness (QED) is 0.924. The first-order chi connectivity index (χ1) is 8.60. The molecule has 1 aliphatic rings. The molecule has 0 radical (unpaired) electrons. The van der Waals surface area contributed by atoms with Gasteiger partial charge in [-0.1, -0.05) is 28.1 Å². The van der Waals surface area contributed by atoms with Crippen LogP contribution in [0.3, 0.4) is 0 Å². The Kier molecular flexibility index (Phi) is 4.78. The fourth-order valence-electron chi connectivity index (χ4n) is 2.45. The van der Waals surface area contributed by atoms with Gasteiger partial charge in [0.25, 0.3) is 0 Å². The Hall–Kier alpha value is -0.420. The number of benzene rings is 1. The summed E-state index contributed by atoms with van der Waals surface area (Å²) in [6.45, 7) is 7.15. The number of halogens is 1. The van der Waals surface area contributed by atoms with Crippen LogP contribution in [-0.4, -0.2) is 49.1 Å². The summed E-state index contributed by atoms with van der Waals surface area (Å²) in [6.07, 6.45) is 0. The predicted octanol–water partition coefficient (Wildman–Crippen LogP) is 1.83. The first-order valence-corrected chi connectivity index (χ1v) is 7.27.